The molecule has 0 amide bonds. The van der Waals surface area contributed by atoms with Crippen molar-refractivity contribution >= 4 is 22.9 Å². The fraction of sp³-hybridized carbons (Fsp3) is 0.462. The van der Waals surface area contributed by atoms with E-state index in [0.717, 1.165) is 23.8 Å². The van der Waals surface area contributed by atoms with Crippen molar-refractivity contribution < 1.29 is 0 Å². The Balaban J connectivity index is 2.10. The number of hydrogen-bond donors (Lipinski definition) is 1. The average molecular weight is 284 g/mol. The van der Waals surface area contributed by atoms with E-state index in [9.17, 15) is 0 Å². The largest absolute Gasteiger partial charge is 0.325 e. The molecule has 0 bridgehead atoms. The van der Waals surface area contributed by atoms with Crippen molar-refractivity contribution in [2.75, 3.05) is 6.54 Å². The number of nitrogens with zero attached hydrogens (tertiary/aromatic N) is 2. The number of imidazole rings is 1. The number of rotatable bonds is 6. The molecule has 0 aliphatic carbocycles. The molecule has 0 aliphatic rings. The van der Waals surface area contributed by atoms with Crippen LogP contribution in [-0.2, 0) is 6.54 Å². The molecule has 0 aromatic carbocycles. The first-order valence-corrected chi connectivity index (χ1v) is 7.38. The van der Waals surface area contributed by atoms with Crippen LogP contribution in [0, 0.1) is 0 Å². The minimum atomic E-state index is 0.281. The smallest absolute Gasteiger partial charge is 0.0954 e. The van der Waals surface area contributed by atoms with E-state index in [1.54, 1.807) is 11.3 Å². The molecule has 0 spiro atoms. The van der Waals surface area contributed by atoms with Crippen molar-refractivity contribution in [2.45, 2.75) is 32.9 Å². The Bertz CT molecular complexity index is 492. The van der Waals surface area contributed by atoms with Crippen LogP contribution < -0.4 is 5.32 Å². The van der Waals surface area contributed by atoms with Gasteiger partial charge >= 0.3 is 0 Å². The molecule has 2 rings (SSSR count). The standard InChI is InChI=1S/C13H18ClN3S/c1-3-6-15-7-11-8-16-9-17(11)10(2)12-4-5-13(14)18-12/h4-5,8-10,15H,3,6-7H2,1-2H3. The maximum Gasteiger partial charge on any atom is 0.0954 e. The Labute approximate surface area is 117 Å². The van der Waals surface area contributed by atoms with Crippen LogP contribution >= 0.6 is 22.9 Å². The van der Waals surface area contributed by atoms with Crippen LogP contribution in [0.25, 0.3) is 0 Å². The van der Waals surface area contributed by atoms with Gasteiger partial charge in [0.1, 0.15) is 0 Å². The summed E-state index contributed by atoms with van der Waals surface area (Å²) < 4.78 is 3.03. The normalized spacial score (nSPS) is 12.8. The minimum absolute atomic E-state index is 0.281. The third-order valence-electron chi connectivity index (χ3n) is 2.90. The number of nitrogens with one attached hydrogen (secondary N) is 1. The second-order valence-electron chi connectivity index (χ2n) is 4.29. The summed E-state index contributed by atoms with van der Waals surface area (Å²) >= 11 is 7.62. The Hall–Kier alpha value is -0.840. The lowest BCUT2D eigenvalue weighted by molar-refractivity contribution is 0.580. The van der Waals surface area contributed by atoms with Gasteiger partial charge < -0.3 is 9.88 Å². The van der Waals surface area contributed by atoms with Crippen molar-refractivity contribution in [2.24, 2.45) is 0 Å². The topological polar surface area (TPSA) is 29.9 Å². The summed E-state index contributed by atoms with van der Waals surface area (Å²) in [5, 5.41) is 3.41. The summed E-state index contributed by atoms with van der Waals surface area (Å²) in [5.74, 6) is 0. The van der Waals surface area contributed by atoms with Crippen molar-refractivity contribution in [3.05, 3.63) is 39.6 Å². The second kappa shape index (κ2) is 6.36. The van der Waals surface area contributed by atoms with Crippen LogP contribution in [0.3, 0.4) is 0 Å². The van der Waals surface area contributed by atoms with Crippen LogP contribution in [0.4, 0.5) is 0 Å². The highest BCUT2D eigenvalue weighted by molar-refractivity contribution is 7.16. The molecule has 1 unspecified atom stereocenters. The predicted octanol–water partition coefficient (Wildman–Crippen LogP) is 3.71. The van der Waals surface area contributed by atoms with E-state index in [2.05, 4.69) is 34.8 Å². The van der Waals surface area contributed by atoms with Gasteiger partial charge in [0.25, 0.3) is 0 Å². The Morgan fingerprint density at radius 1 is 1.50 bits per heavy atom. The number of halogens is 1. The lowest BCUT2D eigenvalue weighted by Gasteiger charge is -2.15. The van der Waals surface area contributed by atoms with Crippen molar-refractivity contribution in [3.63, 3.8) is 0 Å². The van der Waals surface area contributed by atoms with Crippen molar-refractivity contribution in [1.29, 1.82) is 0 Å². The van der Waals surface area contributed by atoms with Gasteiger partial charge in [-0.3, -0.25) is 0 Å². The zero-order chi connectivity index (χ0) is 13.0. The summed E-state index contributed by atoms with van der Waals surface area (Å²) in [4.78, 5) is 5.51. The summed E-state index contributed by atoms with van der Waals surface area (Å²) in [7, 11) is 0. The molecule has 2 heterocycles. The maximum absolute atomic E-state index is 5.99. The van der Waals surface area contributed by atoms with Crippen LogP contribution in [0.2, 0.25) is 4.34 Å². The van der Waals surface area contributed by atoms with Gasteiger partial charge in [0.05, 0.1) is 22.4 Å². The summed E-state index contributed by atoms with van der Waals surface area (Å²) in [6.45, 7) is 6.23. The van der Waals surface area contributed by atoms with Gasteiger partial charge in [-0.05, 0) is 32.0 Å². The van der Waals surface area contributed by atoms with Gasteiger partial charge in [0, 0.05) is 17.6 Å². The molecule has 3 nitrogen and oxygen atoms in total. The molecule has 0 saturated heterocycles. The van der Waals surface area contributed by atoms with E-state index in [0.29, 0.717) is 0 Å². The first-order valence-electron chi connectivity index (χ1n) is 6.19. The van der Waals surface area contributed by atoms with E-state index in [1.807, 2.05) is 18.6 Å². The van der Waals surface area contributed by atoms with E-state index in [1.165, 1.54) is 10.6 Å². The number of thiophene rings is 1. The highest BCUT2D eigenvalue weighted by Gasteiger charge is 2.13. The highest BCUT2D eigenvalue weighted by Crippen LogP contribution is 2.29. The molecule has 0 aliphatic heterocycles. The van der Waals surface area contributed by atoms with Crippen LogP contribution in [0.1, 0.15) is 36.9 Å². The third kappa shape index (κ3) is 3.13. The number of hydrogen-bond acceptors (Lipinski definition) is 3. The van der Waals surface area contributed by atoms with Gasteiger partial charge in [0.2, 0.25) is 0 Å². The first kappa shape index (κ1) is 13.6. The van der Waals surface area contributed by atoms with Gasteiger partial charge in [-0.1, -0.05) is 18.5 Å². The lowest BCUT2D eigenvalue weighted by atomic mass is 10.2. The fourth-order valence-electron chi connectivity index (χ4n) is 1.90. The van der Waals surface area contributed by atoms with Crippen LogP contribution in [-0.4, -0.2) is 16.1 Å². The maximum atomic E-state index is 5.99. The average Bonchev–Trinajstić information content (AvgIpc) is 2.97. The summed E-state index contributed by atoms with van der Waals surface area (Å²) in [6.07, 6.45) is 4.96. The van der Waals surface area contributed by atoms with E-state index >= 15 is 0 Å². The first-order chi connectivity index (χ1) is 8.72. The van der Waals surface area contributed by atoms with E-state index in [4.69, 9.17) is 11.6 Å². The SMILES string of the molecule is CCCNCc1cncn1C(C)c1ccc(Cl)s1. The van der Waals surface area contributed by atoms with Gasteiger partial charge in [-0.25, -0.2) is 4.98 Å². The Morgan fingerprint density at radius 2 is 2.33 bits per heavy atom. The Kier molecular flexibility index (Phi) is 4.80. The molecule has 98 valence electrons. The molecule has 5 heteroatoms. The van der Waals surface area contributed by atoms with Crippen LogP contribution in [0.15, 0.2) is 24.7 Å². The van der Waals surface area contributed by atoms with Crippen molar-refractivity contribution in [1.82, 2.24) is 14.9 Å². The van der Waals surface area contributed by atoms with Gasteiger partial charge in [-0.2, -0.15) is 0 Å². The summed E-state index contributed by atoms with van der Waals surface area (Å²) in [5.41, 5.74) is 1.21. The molecule has 1 N–H and O–H groups in total. The highest BCUT2D eigenvalue weighted by atomic mass is 35.5. The fourth-order valence-corrected chi connectivity index (χ4v) is 3.01. The zero-order valence-electron chi connectivity index (χ0n) is 10.7. The molecule has 0 radical (unpaired) electrons. The van der Waals surface area contributed by atoms with Gasteiger partial charge in [-0.15, -0.1) is 11.3 Å². The number of aromatic nitrogens is 2. The third-order valence-corrected chi connectivity index (χ3v) is 4.30. The molecule has 0 saturated carbocycles. The van der Waals surface area contributed by atoms with E-state index < -0.39 is 0 Å². The van der Waals surface area contributed by atoms with Crippen LogP contribution in [0.5, 0.6) is 0 Å². The molecule has 0 fully saturated rings. The monoisotopic (exact) mass is 283 g/mol. The molecular weight excluding hydrogens is 266 g/mol. The molecule has 2 aromatic rings. The molecule has 18 heavy (non-hydrogen) atoms. The lowest BCUT2D eigenvalue weighted by Crippen LogP contribution is -2.18. The second-order valence-corrected chi connectivity index (χ2v) is 6.03. The van der Waals surface area contributed by atoms with E-state index in [-0.39, 0.29) is 6.04 Å². The van der Waals surface area contributed by atoms with Gasteiger partial charge in [0.15, 0.2) is 0 Å². The predicted molar refractivity (Wildman–Crippen MR) is 77.4 cm³/mol. The molecular formula is C13H18ClN3S. The molecule has 2 aromatic heterocycles. The Morgan fingerprint density at radius 3 is 3.00 bits per heavy atom. The van der Waals surface area contributed by atoms with Crippen molar-refractivity contribution in [3.8, 4) is 0 Å². The summed E-state index contributed by atoms with van der Waals surface area (Å²) in [6, 6.07) is 4.31. The quantitative estimate of drug-likeness (QED) is 0.819. The minimum Gasteiger partial charge on any atom is -0.325 e. The zero-order valence-corrected chi connectivity index (χ0v) is 12.3. The molecule has 1 atom stereocenters.